The Hall–Kier alpha value is -0.940. The Morgan fingerprint density at radius 3 is 3.00 bits per heavy atom. The highest BCUT2D eigenvalue weighted by Crippen LogP contribution is 2.03. The smallest absolute Gasteiger partial charge is 0.219 e. The van der Waals surface area contributed by atoms with Crippen molar-refractivity contribution in [1.82, 2.24) is 10.3 Å². The monoisotopic (exact) mass is 256 g/mol. The van der Waals surface area contributed by atoms with Gasteiger partial charge in [-0.1, -0.05) is 6.42 Å². The van der Waals surface area contributed by atoms with Crippen LogP contribution in [0, 0.1) is 0 Å². The molecule has 0 bridgehead atoms. The Morgan fingerprint density at radius 2 is 2.29 bits per heavy atom. The van der Waals surface area contributed by atoms with Crippen LogP contribution in [0.1, 0.15) is 31.4 Å². The lowest BCUT2D eigenvalue weighted by Crippen LogP contribution is -2.16. The van der Waals surface area contributed by atoms with Crippen molar-refractivity contribution in [2.75, 3.05) is 20.3 Å². The van der Waals surface area contributed by atoms with E-state index in [9.17, 15) is 4.79 Å². The van der Waals surface area contributed by atoms with Gasteiger partial charge in [-0.15, -0.1) is 11.3 Å². The van der Waals surface area contributed by atoms with Crippen molar-refractivity contribution in [1.29, 1.82) is 0 Å². The minimum absolute atomic E-state index is 0.120. The quantitative estimate of drug-likeness (QED) is 0.688. The van der Waals surface area contributed by atoms with Gasteiger partial charge in [0.2, 0.25) is 5.91 Å². The summed E-state index contributed by atoms with van der Waals surface area (Å²) >= 11 is 1.61. The van der Waals surface area contributed by atoms with Gasteiger partial charge in [-0.2, -0.15) is 0 Å². The van der Waals surface area contributed by atoms with Gasteiger partial charge in [-0.25, -0.2) is 4.98 Å². The zero-order chi connectivity index (χ0) is 12.3. The average molecular weight is 256 g/mol. The van der Waals surface area contributed by atoms with Crippen molar-refractivity contribution < 1.29 is 9.53 Å². The van der Waals surface area contributed by atoms with E-state index < -0.39 is 0 Å². The molecule has 1 amide bonds. The summed E-state index contributed by atoms with van der Waals surface area (Å²) in [5.74, 6) is 0.120. The fourth-order valence-electron chi connectivity index (χ4n) is 1.43. The molecule has 0 spiro atoms. The first kappa shape index (κ1) is 14.1. The van der Waals surface area contributed by atoms with Crippen molar-refractivity contribution in [3.63, 3.8) is 0 Å². The first-order chi connectivity index (χ1) is 8.33. The van der Waals surface area contributed by atoms with Crippen LogP contribution < -0.4 is 5.32 Å². The van der Waals surface area contributed by atoms with Crippen LogP contribution >= 0.6 is 11.3 Å². The van der Waals surface area contributed by atoms with Crippen LogP contribution in [0.15, 0.2) is 10.9 Å². The molecule has 17 heavy (non-hydrogen) atoms. The predicted molar refractivity (Wildman–Crippen MR) is 69.2 cm³/mol. The van der Waals surface area contributed by atoms with Crippen LogP contribution in [0.4, 0.5) is 0 Å². The highest BCUT2D eigenvalue weighted by atomic mass is 32.1. The van der Waals surface area contributed by atoms with Crippen molar-refractivity contribution >= 4 is 17.2 Å². The molecule has 1 aromatic rings. The Morgan fingerprint density at radius 1 is 1.41 bits per heavy atom. The standard InChI is InChI=1S/C12H20N2O2S/c1-13-12(15)5-3-2-4-7-16-8-6-11-9-17-10-14-11/h9-10H,2-8H2,1H3,(H,13,15). The average Bonchev–Trinajstić information content (AvgIpc) is 2.85. The van der Waals surface area contributed by atoms with Crippen molar-refractivity contribution in [3.8, 4) is 0 Å². The maximum atomic E-state index is 10.9. The summed E-state index contributed by atoms with van der Waals surface area (Å²) in [7, 11) is 1.67. The molecule has 0 radical (unpaired) electrons. The van der Waals surface area contributed by atoms with E-state index in [-0.39, 0.29) is 5.91 Å². The van der Waals surface area contributed by atoms with Gasteiger partial charge in [-0.3, -0.25) is 4.79 Å². The number of aromatic nitrogens is 1. The molecule has 0 saturated heterocycles. The molecule has 0 atom stereocenters. The maximum Gasteiger partial charge on any atom is 0.219 e. The van der Waals surface area contributed by atoms with E-state index in [0.717, 1.165) is 44.6 Å². The third-order valence-electron chi connectivity index (χ3n) is 2.46. The third kappa shape index (κ3) is 7.07. The second kappa shape index (κ2) is 9.13. The summed E-state index contributed by atoms with van der Waals surface area (Å²) in [6.07, 6.45) is 4.52. The molecule has 0 aliphatic rings. The van der Waals surface area contributed by atoms with Crippen LogP contribution in [0.25, 0.3) is 0 Å². The fourth-order valence-corrected chi connectivity index (χ4v) is 2.02. The van der Waals surface area contributed by atoms with Gasteiger partial charge >= 0.3 is 0 Å². The number of ether oxygens (including phenoxy) is 1. The van der Waals surface area contributed by atoms with E-state index in [1.165, 1.54) is 0 Å². The summed E-state index contributed by atoms with van der Waals surface area (Å²) in [5.41, 5.74) is 2.95. The van der Waals surface area contributed by atoms with Gasteiger partial charge in [0.15, 0.2) is 0 Å². The number of rotatable bonds is 9. The molecule has 0 aliphatic heterocycles. The van der Waals surface area contributed by atoms with Crippen LogP contribution in [0.5, 0.6) is 0 Å². The number of nitrogens with one attached hydrogen (secondary N) is 1. The molecule has 0 aromatic carbocycles. The number of unbranched alkanes of at least 4 members (excludes halogenated alkanes) is 2. The van der Waals surface area contributed by atoms with Crippen molar-refractivity contribution in [3.05, 3.63) is 16.6 Å². The fraction of sp³-hybridized carbons (Fsp3) is 0.667. The molecule has 1 rings (SSSR count). The lowest BCUT2D eigenvalue weighted by Gasteiger charge is -2.03. The molecule has 1 aromatic heterocycles. The van der Waals surface area contributed by atoms with E-state index in [0.29, 0.717) is 6.42 Å². The predicted octanol–water partition coefficient (Wildman–Crippen LogP) is 2.01. The summed E-state index contributed by atoms with van der Waals surface area (Å²) < 4.78 is 5.50. The second-order valence-electron chi connectivity index (χ2n) is 3.83. The number of thiazole rings is 1. The molecule has 0 fully saturated rings. The number of hydrogen-bond acceptors (Lipinski definition) is 4. The number of carbonyl (C=O) groups excluding carboxylic acids is 1. The molecule has 0 unspecified atom stereocenters. The number of carbonyl (C=O) groups is 1. The van der Waals surface area contributed by atoms with Gasteiger partial charge < -0.3 is 10.1 Å². The highest BCUT2D eigenvalue weighted by Gasteiger charge is 1.98. The Balaban J connectivity index is 1.83. The number of nitrogens with zero attached hydrogens (tertiary/aromatic N) is 1. The lowest BCUT2D eigenvalue weighted by molar-refractivity contribution is -0.120. The van der Waals surface area contributed by atoms with E-state index in [2.05, 4.69) is 10.3 Å². The van der Waals surface area contributed by atoms with E-state index in [4.69, 9.17) is 4.74 Å². The molecule has 5 heteroatoms. The first-order valence-electron chi connectivity index (χ1n) is 5.98. The van der Waals surface area contributed by atoms with Gasteiger partial charge in [0, 0.05) is 31.9 Å². The zero-order valence-corrected chi connectivity index (χ0v) is 11.1. The zero-order valence-electron chi connectivity index (χ0n) is 10.3. The summed E-state index contributed by atoms with van der Waals surface area (Å²) in [6.45, 7) is 1.51. The SMILES string of the molecule is CNC(=O)CCCCCOCCc1cscn1. The van der Waals surface area contributed by atoms with Gasteiger partial charge in [0.25, 0.3) is 0 Å². The van der Waals surface area contributed by atoms with Gasteiger partial charge in [-0.05, 0) is 12.8 Å². The second-order valence-corrected chi connectivity index (χ2v) is 4.54. The van der Waals surface area contributed by atoms with E-state index in [1.807, 2.05) is 10.9 Å². The van der Waals surface area contributed by atoms with Crippen molar-refractivity contribution in [2.24, 2.45) is 0 Å². The minimum Gasteiger partial charge on any atom is -0.381 e. The van der Waals surface area contributed by atoms with Crippen molar-refractivity contribution in [2.45, 2.75) is 32.1 Å². The van der Waals surface area contributed by atoms with Gasteiger partial charge in [0.05, 0.1) is 17.8 Å². The Kier molecular flexibility index (Phi) is 7.58. The summed E-state index contributed by atoms with van der Waals surface area (Å²) in [4.78, 5) is 15.1. The van der Waals surface area contributed by atoms with Crippen LogP contribution in [0.2, 0.25) is 0 Å². The topological polar surface area (TPSA) is 51.2 Å². The molecule has 1 N–H and O–H groups in total. The molecule has 96 valence electrons. The molecular formula is C12H20N2O2S. The molecular weight excluding hydrogens is 236 g/mol. The summed E-state index contributed by atoms with van der Waals surface area (Å²) in [5, 5.41) is 4.66. The Bertz CT molecular complexity index is 301. The number of amides is 1. The third-order valence-corrected chi connectivity index (χ3v) is 3.09. The van der Waals surface area contributed by atoms with E-state index >= 15 is 0 Å². The van der Waals surface area contributed by atoms with Crippen LogP contribution in [-0.4, -0.2) is 31.2 Å². The van der Waals surface area contributed by atoms with Crippen LogP contribution in [0.3, 0.4) is 0 Å². The molecule has 4 nitrogen and oxygen atoms in total. The first-order valence-corrected chi connectivity index (χ1v) is 6.92. The number of hydrogen-bond donors (Lipinski definition) is 1. The largest absolute Gasteiger partial charge is 0.381 e. The highest BCUT2D eigenvalue weighted by molar-refractivity contribution is 7.07. The molecule has 0 aliphatic carbocycles. The lowest BCUT2D eigenvalue weighted by atomic mass is 10.2. The van der Waals surface area contributed by atoms with Crippen LogP contribution in [-0.2, 0) is 16.0 Å². The molecule has 0 saturated carbocycles. The molecule has 1 heterocycles. The van der Waals surface area contributed by atoms with E-state index in [1.54, 1.807) is 18.4 Å². The maximum absolute atomic E-state index is 10.9. The normalized spacial score (nSPS) is 10.4. The van der Waals surface area contributed by atoms with Gasteiger partial charge in [0.1, 0.15) is 0 Å². The summed E-state index contributed by atoms with van der Waals surface area (Å²) in [6, 6.07) is 0. The Labute approximate surface area is 106 Å². The minimum atomic E-state index is 0.120.